The smallest absolute Gasteiger partial charge is 0.187 e. The van der Waals surface area contributed by atoms with Crippen LogP contribution >= 0.6 is 0 Å². The quantitative estimate of drug-likeness (QED) is 0.604. The fourth-order valence-corrected chi connectivity index (χ4v) is 3.24. The first kappa shape index (κ1) is 17.5. The largest absolute Gasteiger partial charge is 0.394 e. The second kappa shape index (κ2) is 6.87. The molecule has 1 heterocycles. The molecule has 7 nitrogen and oxygen atoms in total. The van der Waals surface area contributed by atoms with Crippen molar-refractivity contribution in [2.45, 2.75) is 56.6 Å². The Morgan fingerprint density at radius 1 is 1.21 bits per heavy atom. The van der Waals surface area contributed by atoms with Crippen molar-refractivity contribution in [1.29, 1.82) is 0 Å². The molecule has 0 amide bonds. The Balaban J connectivity index is 1.82. The number of benzene rings is 1. The van der Waals surface area contributed by atoms with Crippen LogP contribution in [-0.4, -0.2) is 63.5 Å². The van der Waals surface area contributed by atoms with Gasteiger partial charge in [-0.25, -0.2) is 0 Å². The van der Waals surface area contributed by atoms with Crippen LogP contribution in [0.5, 0.6) is 0 Å². The first-order valence-corrected chi connectivity index (χ1v) is 8.02. The van der Waals surface area contributed by atoms with E-state index in [2.05, 4.69) is 0 Å². The van der Waals surface area contributed by atoms with Crippen molar-refractivity contribution in [3.63, 3.8) is 0 Å². The molecular formula is C17H22O7. The minimum atomic E-state index is -1.48. The number of ether oxygens (including phenoxy) is 2. The summed E-state index contributed by atoms with van der Waals surface area (Å²) in [5.74, 6) is 0.0404. The van der Waals surface area contributed by atoms with Gasteiger partial charge in [-0.1, -0.05) is 23.8 Å². The highest BCUT2D eigenvalue weighted by molar-refractivity contribution is 5.98. The van der Waals surface area contributed by atoms with E-state index in [0.29, 0.717) is 18.4 Å². The van der Waals surface area contributed by atoms with Crippen LogP contribution in [0.25, 0.3) is 0 Å². The van der Waals surface area contributed by atoms with Crippen molar-refractivity contribution in [2.24, 2.45) is 0 Å². The summed E-state index contributed by atoms with van der Waals surface area (Å²) in [5, 5.41) is 39.0. The first-order chi connectivity index (χ1) is 11.4. The Kier molecular flexibility index (Phi) is 5.00. The topological polar surface area (TPSA) is 116 Å². The molecule has 3 rings (SSSR count). The zero-order valence-corrected chi connectivity index (χ0v) is 13.3. The maximum absolute atomic E-state index is 12.1. The maximum Gasteiger partial charge on any atom is 0.187 e. The van der Waals surface area contributed by atoms with E-state index in [4.69, 9.17) is 9.47 Å². The maximum atomic E-state index is 12.1. The molecule has 4 N–H and O–H groups in total. The van der Waals surface area contributed by atoms with Gasteiger partial charge < -0.3 is 29.9 Å². The van der Waals surface area contributed by atoms with E-state index in [1.54, 1.807) is 6.07 Å². The lowest BCUT2D eigenvalue weighted by Crippen LogP contribution is -2.59. The summed E-state index contributed by atoms with van der Waals surface area (Å²) in [5.41, 5.74) is 2.29. The number of aliphatic hydroxyl groups is 4. The Hall–Kier alpha value is -1.35. The minimum absolute atomic E-state index is 0.0404. The Morgan fingerprint density at radius 2 is 1.96 bits per heavy atom. The molecule has 0 radical (unpaired) electrons. The molecule has 0 unspecified atom stereocenters. The van der Waals surface area contributed by atoms with Gasteiger partial charge in [0.25, 0.3) is 0 Å². The zero-order chi connectivity index (χ0) is 17.4. The monoisotopic (exact) mass is 338 g/mol. The number of aliphatic hydroxyl groups excluding tert-OH is 4. The summed E-state index contributed by atoms with van der Waals surface area (Å²) in [6.07, 6.45) is -6.30. The van der Waals surface area contributed by atoms with E-state index >= 15 is 0 Å². The van der Waals surface area contributed by atoms with Gasteiger partial charge in [-0.15, -0.1) is 0 Å². The molecule has 7 heteroatoms. The van der Waals surface area contributed by atoms with Crippen LogP contribution in [-0.2, 0) is 9.47 Å². The average Bonchev–Trinajstić information content (AvgIpc) is 2.57. The number of hydrogen-bond acceptors (Lipinski definition) is 7. The van der Waals surface area contributed by atoms with Crippen molar-refractivity contribution in [1.82, 2.24) is 0 Å². The molecule has 1 saturated heterocycles. The summed E-state index contributed by atoms with van der Waals surface area (Å²) in [4.78, 5) is 12.1. The number of aryl methyl sites for hydroxylation is 1. The van der Waals surface area contributed by atoms with Crippen molar-refractivity contribution in [2.75, 3.05) is 6.61 Å². The van der Waals surface area contributed by atoms with Gasteiger partial charge in [0.1, 0.15) is 24.4 Å². The number of hydrogen-bond donors (Lipinski definition) is 4. The van der Waals surface area contributed by atoms with Crippen molar-refractivity contribution >= 4 is 5.78 Å². The van der Waals surface area contributed by atoms with Crippen molar-refractivity contribution < 1.29 is 34.7 Å². The highest BCUT2D eigenvalue weighted by atomic mass is 16.7. The van der Waals surface area contributed by atoms with Crippen LogP contribution < -0.4 is 0 Å². The van der Waals surface area contributed by atoms with Crippen LogP contribution in [0, 0.1) is 6.92 Å². The van der Waals surface area contributed by atoms with E-state index in [-0.39, 0.29) is 5.78 Å². The molecular weight excluding hydrogens is 316 g/mol. The van der Waals surface area contributed by atoms with E-state index in [1.807, 2.05) is 19.1 Å². The van der Waals surface area contributed by atoms with E-state index in [9.17, 15) is 25.2 Å². The molecule has 24 heavy (non-hydrogen) atoms. The first-order valence-electron chi connectivity index (χ1n) is 8.02. The van der Waals surface area contributed by atoms with Gasteiger partial charge in [0.05, 0.1) is 12.7 Å². The third-order valence-electron chi connectivity index (χ3n) is 4.63. The van der Waals surface area contributed by atoms with Gasteiger partial charge in [0, 0.05) is 12.0 Å². The molecule has 132 valence electrons. The van der Waals surface area contributed by atoms with Crippen LogP contribution in [0.15, 0.2) is 18.2 Å². The van der Waals surface area contributed by atoms with Crippen molar-refractivity contribution in [3.05, 3.63) is 34.9 Å². The second-order valence-electron chi connectivity index (χ2n) is 6.37. The van der Waals surface area contributed by atoms with Gasteiger partial charge in [-0.05, 0) is 18.9 Å². The molecule has 6 atom stereocenters. The van der Waals surface area contributed by atoms with Crippen LogP contribution in [0.3, 0.4) is 0 Å². The lowest BCUT2D eigenvalue weighted by molar-refractivity contribution is -0.313. The highest BCUT2D eigenvalue weighted by Gasteiger charge is 2.45. The lowest BCUT2D eigenvalue weighted by Gasteiger charge is -2.41. The zero-order valence-electron chi connectivity index (χ0n) is 13.3. The number of rotatable bonds is 3. The third-order valence-corrected chi connectivity index (χ3v) is 4.63. The molecule has 1 aromatic rings. The average molecular weight is 338 g/mol. The molecule has 1 aliphatic heterocycles. The predicted octanol–water partition coefficient (Wildman–Crippen LogP) is -0.171. The number of Topliss-reactive ketones (excluding diaryl/α,β-unsaturated/α-hetero) is 1. The number of carbonyl (C=O) groups excluding carboxylic acids is 1. The fourth-order valence-electron chi connectivity index (χ4n) is 3.24. The van der Waals surface area contributed by atoms with Gasteiger partial charge in [0.2, 0.25) is 0 Å². The van der Waals surface area contributed by atoms with Crippen LogP contribution in [0.1, 0.15) is 40.4 Å². The number of fused-ring (bicyclic) bond motifs is 1. The third kappa shape index (κ3) is 3.11. The molecule has 1 fully saturated rings. The summed E-state index contributed by atoms with van der Waals surface area (Å²) < 4.78 is 11.2. The van der Waals surface area contributed by atoms with Gasteiger partial charge in [-0.3, -0.25) is 4.79 Å². The number of ketones is 1. The normalized spacial score (nSPS) is 36.5. The van der Waals surface area contributed by atoms with Crippen LogP contribution in [0.4, 0.5) is 0 Å². The van der Waals surface area contributed by atoms with Gasteiger partial charge in [0.15, 0.2) is 12.1 Å². The molecule has 0 saturated carbocycles. The Bertz CT molecular complexity index is 615. The van der Waals surface area contributed by atoms with E-state index in [0.717, 1.165) is 11.1 Å². The Morgan fingerprint density at radius 3 is 2.67 bits per heavy atom. The summed E-state index contributed by atoms with van der Waals surface area (Å²) in [6, 6.07) is 5.48. The molecule has 0 aromatic heterocycles. The summed E-state index contributed by atoms with van der Waals surface area (Å²) in [7, 11) is 0. The van der Waals surface area contributed by atoms with Gasteiger partial charge in [-0.2, -0.15) is 0 Å². The fraction of sp³-hybridized carbons (Fsp3) is 0.588. The standard InChI is InChI=1S/C17H22O7/c1-8-2-3-9-10(6-8)12(5-4-11(9)19)23-17-16(22)15(21)14(20)13(7-18)24-17/h2-3,6,12-18,20-22H,4-5,7H2,1H3/t12-,13+,14+,15-,16+,17+/m0/s1. The van der Waals surface area contributed by atoms with Gasteiger partial charge >= 0.3 is 0 Å². The molecule has 0 spiro atoms. The summed E-state index contributed by atoms with van der Waals surface area (Å²) >= 11 is 0. The highest BCUT2D eigenvalue weighted by Crippen LogP contribution is 2.36. The molecule has 2 aliphatic rings. The summed E-state index contributed by atoms with van der Waals surface area (Å²) in [6.45, 7) is 1.40. The SMILES string of the molecule is Cc1ccc2c(c1)[C@@H](O[C@@H]1O[C@H](CO)[C@@H](O)[C@H](O)[C@H]1O)CCC2=O. The van der Waals surface area contributed by atoms with E-state index < -0.39 is 43.4 Å². The van der Waals surface area contributed by atoms with Crippen LogP contribution in [0.2, 0.25) is 0 Å². The minimum Gasteiger partial charge on any atom is -0.394 e. The second-order valence-corrected chi connectivity index (χ2v) is 6.37. The predicted molar refractivity (Wildman–Crippen MR) is 82.3 cm³/mol. The van der Waals surface area contributed by atoms with E-state index in [1.165, 1.54) is 0 Å². The van der Waals surface area contributed by atoms with Crippen molar-refractivity contribution in [3.8, 4) is 0 Å². The Labute approximate surface area is 139 Å². The molecule has 1 aliphatic carbocycles. The molecule has 0 bridgehead atoms. The lowest BCUT2D eigenvalue weighted by atomic mass is 9.87. The molecule has 1 aromatic carbocycles. The number of carbonyl (C=O) groups is 1.